The Hall–Kier alpha value is -0.480. The van der Waals surface area contributed by atoms with Crippen molar-refractivity contribution >= 4 is 11.8 Å². The van der Waals surface area contributed by atoms with Crippen LogP contribution in [0.2, 0.25) is 0 Å². The first-order chi connectivity index (χ1) is 7.38. The molecule has 1 aromatic heterocycles. The van der Waals surface area contributed by atoms with Gasteiger partial charge in [-0.3, -0.25) is 4.68 Å². The van der Waals surface area contributed by atoms with Gasteiger partial charge >= 0.3 is 0 Å². The van der Waals surface area contributed by atoms with Crippen LogP contribution in [0, 0.1) is 0 Å². The van der Waals surface area contributed by atoms with E-state index in [1.54, 1.807) is 0 Å². The van der Waals surface area contributed by atoms with Gasteiger partial charge in [0.2, 0.25) is 0 Å². The maximum atomic E-state index is 4.15. The molecule has 16 heavy (non-hydrogen) atoms. The molecule has 0 aromatic carbocycles. The van der Waals surface area contributed by atoms with Crippen LogP contribution in [0.1, 0.15) is 33.4 Å². The third kappa shape index (κ3) is 5.03. The standard InChI is InChI=1S/C12H23N3S/c1-10(9-16-12(2,3)4)13-8-11-6-7-14-15(11)5/h6-7,10,13H,8-9H2,1-5H3. The molecule has 1 aromatic rings. The highest BCUT2D eigenvalue weighted by Gasteiger charge is 2.12. The number of nitrogens with one attached hydrogen (secondary N) is 1. The number of aromatic nitrogens is 2. The second-order valence-corrected chi connectivity index (χ2v) is 7.00. The van der Waals surface area contributed by atoms with Crippen molar-refractivity contribution in [2.24, 2.45) is 7.05 Å². The van der Waals surface area contributed by atoms with Crippen molar-refractivity contribution in [1.82, 2.24) is 15.1 Å². The van der Waals surface area contributed by atoms with Crippen molar-refractivity contribution in [2.45, 2.75) is 45.0 Å². The predicted octanol–water partition coefficient (Wildman–Crippen LogP) is 2.43. The van der Waals surface area contributed by atoms with E-state index in [1.165, 1.54) is 5.69 Å². The highest BCUT2D eigenvalue weighted by molar-refractivity contribution is 8.00. The second-order valence-electron chi connectivity index (χ2n) is 5.15. The fourth-order valence-electron chi connectivity index (χ4n) is 1.29. The van der Waals surface area contributed by atoms with E-state index >= 15 is 0 Å². The molecule has 0 aliphatic carbocycles. The zero-order valence-corrected chi connectivity index (χ0v) is 11.8. The largest absolute Gasteiger partial charge is 0.308 e. The molecular weight excluding hydrogens is 218 g/mol. The van der Waals surface area contributed by atoms with Crippen molar-refractivity contribution in [3.63, 3.8) is 0 Å². The topological polar surface area (TPSA) is 29.9 Å². The molecule has 0 bridgehead atoms. The van der Waals surface area contributed by atoms with Crippen LogP contribution in [-0.4, -0.2) is 26.3 Å². The van der Waals surface area contributed by atoms with Gasteiger partial charge in [-0.15, -0.1) is 0 Å². The highest BCUT2D eigenvalue weighted by atomic mass is 32.2. The monoisotopic (exact) mass is 241 g/mol. The molecule has 0 saturated heterocycles. The number of thioether (sulfide) groups is 1. The maximum Gasteiger partial charge on any atom is 0.0518 e. The van der Waals surface area contributed by atoms with Gasteiger partial charge in [-0.1, -0.05) is 20.8 Å². The van der Waals surface area contributed by atoms with Gasteiger partial charge in [0.1, 0.15) is 0 Å². The van der Waals surface area contributed by atoms with Crippen molar-refractivity contribution in [1.29, 1.82) is 0 Å². The minimum atomic E-state index is 0.350. The Bertz CT molecular complexity index is 314. The zero-order chi connectivity index (χ0) is 12.2. The van der Waals surface area contributed by atoms with Gasteiger partial charge in [-0.05, 0) is 13.0 Å². The average molecular weight is 241 g/mol. The normalized spacial score (nSPS) is 14.1. The summed E-state index contributed by atoms with van der Waals surface area (Å²) in [7, 11) is 1.98. The molecule has 1 atom stereocenters. The smallest absolute Gasteiger partial charge is 0.0518 e. The second kappa shape index (κ2) is 5.73. The molecule has 0 radical (unpaired) electrons. The molecule has 92 valence electrons. The van der Waals surface area contributed by atoms with Gasteiger partial charge in [-0.2, -0.15) is 16.9 Å². The summed E-state index contributed by atoms with van der Waals surface area (Å²) in [6.07, 6.45) is 1.84. The summed E-state index contributed by atoms with van der Waals surface area (Å²) in [6, 6.07) is 2.58. The quantitative estimate of drug-likeness (QED) is 0.858. The van der Waals surface area contributed by atoms with Crippen LogP contribution in [0.3, 0.4) is 0 Å². The third-order valence-electron chi connectivity index (χ3n) is 2.32. The Morgan fingerprint density at radius 1 is 1.50 bits per heavy atom. The molecule has 0 aliphatic heterocycles. The molecule has 0 saturated carbocycles. The molecule has 1 unspecified atom stereocenters. The first kappa shape index (κ1) is 13.6. The van der Waals surface area contributed by atoms with Crippen molar-refractivity contribution in [3.8, 4) is 0 Å². The lowest BCUT2D eigenvalue weighted by Gasteiger charge is -2.21. The summed E-state index contributed by atoms with van der Waals surface area (Å²) in [5.74, 6) is 1.14. The van der Waals surface area contributed by atoms with Crippen LogP contribution in [0.4, 0.5) is 0 Å². The Morgan fingerprint density at radius 3 is 2.69 bits per heavy atom. The van der Waals surface area contributed by atoms with E-state index in [0.29, 0.717) is 10.8 Å². The fourth-order valence-corrected chi connectivity index (χ4v) is 2.16. The van der Waals surface area contributed by atoms with E-state index in [4.69, 9.17) is 0 Å². The minimum Gasteiger partial charge on any atom is -0.308 e. The molecular formula is C12H23N3S. The molecule has 4 heteroatoms. The van der Waals surface area contributed by atoms with Crippen LogP contribution >= 0.6 is 11.8 Å². The summed E-state index contributed by atoms with van der Waals surface area (Å²) < 4.78 is 2.26. The Kier molecular flexibility index (Phi) is 4.87. The molecule has 1 N–H and O–H groups in total. The minimum absolute atomic E-state index is 0.350. The first-order valence-electron chi connectivity index (χ1n) is 5.73. The van der Waals surface area contributed by atoms with Crippen LogP contribution in [0.25, 0.3) is 0 Å². The summed E-state index contributed by atoms with van der Waals surface area (Å²) in [5.41, 5.74) is 1.23. The van der Waals surface area contributed by atoms with Crippen LogP contribution < -0.4 is 5.32 Å². The first-order valence-corrected chi connectivity index (χ1v) is 6.71. The molecule has 1 heterocycles. The van der Waals surface area contributed by atoms with E-state index in [-0.39, 0.29) is 0 Å². The molecule has 1 rings (SSSR count). The number of aryl methyl sites for hydroxylation is 1. The van der Waals surface area contributed by atoms with Crippen LogP contribution in [0.5, 0.6) is 0 Å². The van der Waals surface area contributed by atoms with Gasteiger partial charge < -0.3 is 5.32 Å². The van der Waals surface area contributed by atoms with Crippen molar-refractivity contribution in [2.75, 3.05) is 5.75 Å². The van der Waals surface area contributed by atoms with Crippen molar-refractivity contribution < 1.29 is 0 Å². The summed E-state index contributed by atoms with van der Waals surface area (Å²) >= 11 is 2.00. The Morgan fingerprint density at radius 2 is 2.19 bits per heavy atom. The van der Waals surface area contributed by atoms with Gasteiger partial charge in [0.15, 0.2) is 0 Å². The molecule has 0 aliphatic rings. The molecule has 0 amide bonds. The Balaban J connectivity index is 2.25. The van der Waals surface area contributed by atoms with Gasteiger partial charge in [-0.25, -0.2) is 0 Å². The van der Waals surface area contributed by atoms with Crippen molar-refractivity contribution in [3.05, 3.63) is 18.0 Å². The molecule has 3 nitrogen and oxygen atoms in total. The highest BCUT2D eigenvalue weighted by Crippen LogP contribution is 2.23. The molecule has 0 fully saturated rings. The lowest BCUT2D eigenvalue weighted by molar-refractivity contribution is 0.563. The third-order valence-corrected chi connectivity index (χ3v) is 3.85. The van der Waals surface area contributed by atoms with E-state index < -0.39 is 0 Å². The van der Waals surface area contributed by atoms with E-state index in [9.17, 15) is 0 Å². The average Bonchev–Trinajstić information content (AvgIpc) is 2.57. The summed E-state index contributed by atoms with van der Waals surface area (Å²) in [5, 5.41) is 7.67. The van der Waals surface area contributed by atoms with Gasteiger partial charge in [0.05, 0.1) is 5.69 Å². The van der Waals surface area contributed by atoms with E-state index in [2.05, 4.69) is 44.2 Å². The van der Waals surface area contributed by atoms with Gasteiger partial charge in [0, 0.05) is 36.3 Å². The number of rotatable bonds is 5. The zero-order valence-electron chi connectivity index (χ0n) is 10.9. The lowest BCUT2D eigenvalue weighted by atomic mass is 10.3. The SMILES string of the molecule is CC(CSC(C)(C)C)NCc1ccnn1C. The Labute approximate surface area is 103 Å². The number of hydrogen-bond acceptors (Lipinski definition) is 3. The number of hydrogen-bond donors (Lipinski definition) is 1. The maximum absolute atomic E-state index is 4.15. The molecule has 0 spiro atoms. The lowest BCUT2D eigenvalue weighted by Crippen LogP contribution is -2.30. The van der Waals surface area contributed by atoms with Gasteiger partial charge in [0.25, 0.3) is 0 Å². The van der Waals surface area contributed by atoms with E-state index in [1.807, 2.05) is 29.7 Å². The van der Waals surface area contributed by atoms with E-state index in [0.717, 1.165) is 12.3 Å². The van der Waals surface area contributed by atoms with Crippen LogP contribution in [0.15, 0.2) is 12.3 Å². The van der Waals surface area contributed by atoms with Crippen LogP contribution in [-0.2, 0) is 13.6 Å². The summed E-state index contributed by atoms with van der Waals surface area (Å²) in [6.45, 7) is 9.89. The predicted molar refractivity (Wildman–Crippen MR) is 71.7 cm³/mol. The number of nitrogens with zero attached hydrogens (tertiary/aromatic N) is 2. The fraction of sp³-hybridized carbons (Fsp3) is 0.750. The summed E-state index contributed by atoms with van der Waals surface area (Å²) in [4.78, 5) is 0.